The number of carboxylic acids is 1. The van der Waals surface area contributed by atoms with E-state index in [0.717, 1.165) is 12.0 Å². The normalized spacial score (nSPS) is 29.4. The average Bonchev–Trinajstić information content (AvgIpc) is 2.87. The van der Waals surface area contributed by atoms with E-state index in [4.69, 9.17) is 4.74 Å². The summed E-state index contributed by atoms with van der Waals surface area (Å²) in [4.78, 5) is 11.3. The third-order valence-corrected chi connectivity index (χ3v) is 4.79. The van der Waals surface area contributed by atoms with Gasteiger partial charge in [0.2, 0.25) is 0 Å². The van der Waals surface area contributed by atoms with Crippen LogP contribution in [0.1, 0.15) is 32.3 Å². The van der Waals surface area contributed by atoms with Gasteiger partial charge < -0.3 is 15.3 Å². The van der Waals surface area contributed by atoms with Crippen molar-refractivity contribution >= 4 is 11.7 Å². The number of rotatable bonds is 4. The number of aliphatic carboxylic acids is 1. The molecule has 0 spiro atoms. The summed E-state index contributed by atoms with van der Waals surface area (Å²) >= 11 is 0. The largest absolute Gasteiger partial charge is 0.477 e. The molecule has 118 valence electrons. The topological polar surface area (TPSA) is 70.9 Å². The Labute approximate surface area is 130 Å². The molecule has 1 fully saturated rings. The molecule has 2 aliphatic rings. The van der Waals surface area contributed by atoms with Crippen molar-refractivity contribution < 1.29 is 14.6 Å². The third-order valence-electron chi connectivity index (χ3n) is 4.79. The second-order valence-electron chi connectivity index (χ2n) is 6.86. The van der Waals surface area contributed by atoms with Crippen LogP contribution < -0.4 is 5.43 Å². The molecule has 1 aromatic rings. The van der Waals surface area contributed by atoms with Crippen molar-refractivity contribution in [2.45, 2.75) is 45.4 Å². The number of hydrogen-bond donors (Lipinski definition) is 2. The van der Waals surface area contributed by atoms with Gasteiger partial charge in [0.1, 0.15) is 0 Å². The van der Waals surface area contributed by atoms with Gasteiger partial charge in [-0.2, -0.15) is 5.10 Å². The van der Waals surface area contributed by atoms with Gasteiger partial charge in [0.25, 0.3) is 0 Å². The number of nitrogens with zero attached hydrogens (tertiary/aromatic N) is 1. The van der Waals surface area contributed by atoms with Gasteiger partial charge in [-0.05, 0) is 23.8 Å². The van der Waals surface area contributed by atoms with Gasteiger partial charge in [-0.15, -0.1) is 0 Å². The van der Waals surface area contributed by atoms with Crippen LogP contribution >= 0.6 is 0 Å². The lowest BCUT2D eigenvalue weighted by atomic mass is 9.67. The quantitative estimate of drug-likeness (QED) is 0.896. The molecule has 22 heavy (non-hydrogen) atoms. The molecule has 3 rings (SSSR count). The van der Waals surface area contributed by atoms with Crippen LogP contribution in [0.2, 0.25) is 0 Å². The first-order valence-electron chi connectivity index (χ1n) is 7.69. The second kappa shape index (κ2) is 5.72. The molecule has 3 atom stereocenters. The van der Waals surface area contributed by atoms with E-state index in [1.807, 2.05) is 30.3 Å². The van der Waals surface area contributed by atoms with Gasteiger partial charge in [0.15, 0.2) is 5.71 Å². The summed E-state index contributed by atoms with van der Waals surface area (Å²) < 4.78 is 6.14. The van der Waals surface area contributed by atoms with Crippen molar-refractivity contribution in [3.05, 3.63) is 35.9 Å². The summed E-state index contributed by atoms with van der Waals surface area (Å²) in [5, 5.41) is 13.3. The highest BCUT2D eigenvalue weighted by molar-refractivity contribution is 6.37. The first kappa shape index (κ1) is 15.0. The van der Waals surface area contributed by atoms with Crippen LogP contribution in [0.15, 0.2) is 35.4 Å². The molecule has 2 N–H and O–H groups in total. The zero-order valence-electron chi connectivity index (χ0n) is 13.0. The Bertz CT molecular complexity index is 583. The van der Waals surface area contributed by atoms with E-state index in [9.17, 15) is 9.90 Å². The molecular formula is C17H22N2O3. The van der Waals surface area contributed by atoms with Crippen molar-refractivity contribution in [2.75, 3.05) is 0 Å². The zero-order valence-corrected chi connectivity index (χ0v) is 13.0. The molecule has 5 heteroatoms. The van der Waals surface area contributed by atoms with Crippen LogP contribution in [-0.4, -0.2) is 28.9 Å². The molecule has 0 bridgehead atoms. The minimum atomic E-state index is -0.929. The molecule has 0 radical (unpaired) electrons. The van der Waals surface area contributed by atoms with Crippen molar-refractivity contribution in [3.8, 4) is 0 Å². The molecule has 3 unspecified atom stereocenters. The van der Waals surface area contributed by atoms with Crippen LogP contribution in [0.3, 0.4) is 0 Å². The molecule has 5 nitrogen and oxygen atoms in total. The zero-order chi connectivity index (χ0) is 15.7. The number of carbonyl (C=O) groups is 1. The smallest absolute Gasteiger partial charge is 0.352 e. The Morgan fingerprint density at radius 3 is 2.82 bits per heavy atom. The standard InChI is InChI=1S/C17H22N2O3/c1-17(2)9-13-12(15(16(20)21)19-18-13)8-14(17)22-10-11-6-4-3-5-7-11/h3-7,12-14,18H,8-10H2,1-2H3,(H,20,21). The van der Waals surface area contributed by atoms with Crippen LogP contribution in [0.25, 0.3) is 0 Å². The minimum Gasteiger partial charge on any atom is -0.477 e. The highest BCUT2D eigenvalue weighted by Gasteiger charge is 2.48. The second-order valence-corrected chi connectivity index (χ2v) is 6.86. The molecule has 0 saturated heterocycles. The number of ether oxygens (including phenoxy) is 1. The van der Waals surface area contributed by atoms with Crippen LogP contribution in [-0.2, 0) is 16.1 Å². The van der Waals surface area contributed by atoms with Crippen LogP contribution in [0.5, 0.6) is 0 Å². The number of hydrazone groups is 1. The fourth-order valence-corrected chi connectivity index (χ4v) is 3.50. The van der Waals surface area contributed by atoms with Gasteiger partial charge in [-0.25, -0.2) is 4.79 Å². The van der Waals surface area contributed by atoms with Gasteiger partial charge in [-0.3, -0.25) is 0 Å². The summed E-state index contributed by atoms with van der Waals surface area (Å²) in [6.07, 6.45) is 1.58. The van der Waals surface area contributed by atoms with Crippen LogP contribution in [0.4, 0.5) is 0 Å². The fourth-order valence-electron chi connectivity index (χ4n) is 3.50. The Morgan fingerprint density at radius 2 is 2.14 bits per heavy atom. The summed E-state index contributed by atoms with van der Waals surface area (Å²) in [5.74, 6) is -0.993. The number of carboxylic acid groups (broad SMARTS) is 1. The average molecular weight is 302 g/mol. The van der Waals surface area contributed by atoms with Gasteiger partial charge in [0.05, 0.1) is 18.8 Å². The van der Waals surface area contributed by atoms with Crippen molar-refractivity contribution in [1.82, 2.24) is 5.43 Å². The Morgan fingerprint density at radius 1 is 1.41 bits per heavy atom. The van der Waals surface area contributed by atoms with Gasteiger partial charge >= 0.3 is 5.97 Å². The van der Waals surface area contributed by atoms with E-state index in [-0.39, 0.29) is 29.2 Å². The van der Waals surface area contributed by atoms with E-state index >= 15 is 0 Å². The summed E-state index contributed by atoms with van der Waals surface area (Å²) in [6.45, 7) is 4.91. The first-order chi connectivity index (χ1) is 10.5. The number of benzene rings is 1. The third kappa shape index (κ3) is 2.86. The summed E-state index contributed by atoms with van der Waals surface area (Å²) in [5.41, 5.74) is 4.36. The van der Waals surface area contributed by atoms with Crippen LogP contribution in [0, 0.1) is 11.3 Å². The van der Waals surface area contributed by atoms with Crippen molar-refractivity contribution in [2.24, 2.45) is 16.4 Å². The molecule has 1 aliphatic heterocycles. The Hall–Kier alpha value is -1.88. The molecule has 0 aromatic heterocycles. The highest BCUT2D eigenvalue weighted by Crippen LogP contribution is 2.42. The first-order valence-corrected chi connectivity index (χ1v) is 7.69. The monoisotopic (exact) mass is 302 g/mol. The molecular weight excluding hydrogens is 280 g/mol. The number of nitrogens with one attached hydrogen (secondary N) is 1. The van der Waals surface area contributed by atoms with E-state index in [0.29, 0.717) is 13.0 Å². The fraction of sp³-hybridized carbons (Fsp3) is 0.529. The highest BCUT2D eigenvalue weighted by atomic mass is 16.5. The maximum absolute atomic E-state index is 11.3. The lowest BCUT2D eigenvalue weighted by Crippen LogP contribution is -2.49. The molecule has 1 aliphatic carbocycles. The maximum Gasteiger partial charge on any atom is 0.352 e. The summed E-state index contributed by atoms with van der Waals surface area (Å²) in [6, 6.07) is 10.2. The lowest BCUT2D eigenvalue weighted by molar-refractivity contribution is -0.130. The molecule has 1 saturated carbocycles. The van der Waals surface area contributed by atoms with Gasteiger partial charge in [-0.1, -0.05) is 44.2 Å². The SMILES string of the molecule is CC1(C)CC2NN=C(C(=O)O)C2CC1OCc1ccccc1. The van der Waals surface area contributed by atoms with Gasteiger partial charge in [0, 0.05) is 5.92 Å². The van der Waals surface area contributed by atoms with E-state index in [2.05, 4.69) is 24.4 Å². The number of fused-ring (bicyclic) bond motifs is 1. The predicted octanol–water partition coefficient (Wildman–Crippen LogP) is 2.42. The van der Waals surface area contributed by atoms with Crippen molar-refractivity contribution in [1.29, 1.82) is 0 Å². The maximum atomic E-state index is 11.3. The molecule has 1 heterocycles. The lowest BCUT2D eigenvalue weighted by Gasteiger charge is -2.43. The van der Waals surface area contributed by atoms with Crippen molar-refractivity contribution in [3.63, 3.8) is 0 Å². The predicted molar refractivity (Wildman–Crippen MR) is 83.5 cm³/mol. The number of hydrogen-bond acceptors (Lipinski definition) is 4. The van der Waals surface area contributed by atoms with E-state index < -0.39 is 5.97 Å². The Balaban J connectivity index is 1.70. The molecule has 1 aromatic carbocycles. The summed E-state index contributed by atoms with van der Waals surface area (Å²) in [7, 11) is 0. The van der Waals surface area contributed by atoms with E-state index in [1.54, 1.807) is 0 Å². The minimum absolute atomic E-state index is 0.00752. The Kier molecular flexibility index (Phi) is 3.91. The van der Waals surface area contributed by atoms with E-state index in [1.165, 1.54) is 0 Å². The molecule has 0 amide bonds.